The van der Waals surface area contributed by atoms with Crippen LogP contribution in [0.1, 0.15) is 31.4 Å². The molecule has 0 atom stereocenters. The van der Waals surface area contributed by atoms with E-state index >= 15 is 0 Å². The summed E-state index contributed by atoms with van der Waals surface area (Å²) in [7, 11) is 0. The van der Waals surface area contributed by atoms with Crippen LogP contribution in [-0.4, -0.2) is 30.4 Å². The number of benzene rings is 1. The summed E-state index contributed by atoms with van der Waals surface area (Å²) in [5, 5.41) is 2.99. The van der Waals surface area contributed by atoms with E-state index in [0.717, 1.165) is 42.1 Å². The molecule has 0 unspecified atom stereocenters. The lowest BCUT2D eigenvalue weighted by Gasteiger charge is -2.18. The van der Waals surface area contributed by atoms with Gasteiger partial charge in [0.15, 0.2) is 0 Å². The van der Waals surface area contributed by atoms with Gasteiger partial charge in [-0.05, 0) is 50.2 Å². The average molecular weight is 263 g/mol. The second-order valence-corrected chi connectivity index (χ2v) is 4.85. The van der Waals surface area contributed by atoms with Crippen LogP contribution in [0.4, 0.5) is 11.4 Å². The summed E-state index contributed by atoms with van der Waals surface area (Å²) < 4.78 is 0. The van der Waals surface area contributed by atoms with Crippen molar-refractivity contribution in [2.45, 2.75) is 34.1 Å². The van der Waals surface area contributed by atoms with E-state index in [-0.39, 0.29) is 5.91 Å². The Balaban J connectivity index is 2.62. The Bertz CT molecular complexity index is 416. The predicted molar refractivity (Wildman–Crippen MR) is 81.4 cm³/mol. The topological polar surface area (TPSA) is 58.4 Å². The predicted octanol–water partition coefficient (Wildman–Crippen LogP) is 2.56. The second-order valence-electron chi connectivity index (χ2n) is 4.85. The quantitative estimate of drug-likeness (QED) is 0.775. The second kappa shape index (κ2) is 7.14. The van der Waals surface area contributed by atoms with Crippen molar-refractivity contribution in [2.24, 2.45) is 0 Å². The molecule has 1 rings (SSSR count). The van der Waals surface area contributed by atoms with Crippen molar-refractivity contribution >= 4 is 17.3 Å². The monoisotopic (exact) mass is 263 g/mol. The summed E-state index contributed by atoms with van der Waals surface area (Å²) >= 11 is 0. The zero-order valence-corrected chi connectivity index (χ0v) is 12.4. The summed E-state index contributed by atoms with van der Waals surface area (Å²) in [5.74, 6) is 0.0582. The highest BCUT2D eigenvalue weighted by molar-refractivity contribution is 5.92. The van der Waals surface area contributed by atoms with Crippen LogP contribution in [0.15, 0.2) is 12.1 Å². The highest BCUT2D eigenvalue weighted by Crippen LogP contribution is 2.23. The lowest BCUT2D eigenvalue weighted by atomic mass is 10.1. The molecule has 1 amide bonds. The maximum atomic E-state index is 12.0. The van der Waals surface area contributed by atoms with Gasteiger partial charge in [0.2, 0.25) is 5.91 Å². The molecule has 3 N–H and O–H groups in total. The first kappa shape index (κ1) is 15.5. The number of nitrogens with two attached hydrogens (primary N) is 1. The van der Waals surface area contributed by atoms with Crippen molar-refractivity contribution in [1.29, 1.82) is 0 Å². The van der Waals surface area contributed by atoms with Crippen LogP contribution in [0.5, 0.6) is 0 Å². The Kier molecular flexibility index (Phi) is 5.83. The normalized spacial score (nSPS) is 10.8. The Hall–Kier alpha value is -1.55. The highest BCUT2D eigenvalue weighted by atomic mass is 16.1. The largest absolute Gasteiger partial charge is 0.399 e. The molecule has 0 aliphatic carbocycles. The number of rotatable bonds is 6. The molecule has 106 valence electrons. The first-order valence-corrected chi connectivity index (χ1v) is 6.86. The number of nitrogens with zero attached hydrogens (tertiary/aromatic N) is 1. The molecule has 4 heteroatoms. The van der Waals surface area contributed by atoms with Crippen molar-refractivity contribution in [3.05, 3.63) is 23.3 Å². The molecule has 0 heterocycles. The van der Waals surface area contributed by atoms with Gasteiger partial charge in [0.05, 0.1) is 0 Å². The van der Waals surface area contributed by atoms with Gasteiger partial charge in [-0.3, -0.25) is 4.79 Å². The van der Waals surface area contributed by atoms with Crippen molar-refractivity contribution in [2.75, 3.05) is 30.7 Å². The zero-order valence-electron chi connectivity index (χ0n) is 12.4. The van der Waals surface area contributed by atoms with E-state index in [2.05, 4.69) is 24.1 Å². The van der Waals surface area contributed by atoms with Crippen LogP contribution in [0, 0.1) is 13.8 Å². The van der Waals surface area contributed by atoms with Gasteiger partial charge >= 0.3 is 0 Å². The van der Waals surface area contributed by atoms with Gasteiger partial charge in [0.25, 0.3) is 0 Å². The number of carbonyl (C=O) groups is 1. The van der Waals surface area contributed by atoms with E-state index < -0.39 is 0 Å². The summed E-state index contributed by atoms with van der Waals surface area (Å²) in [6, 6.07) is 3.76. The molecule has 0 aliphatic rings. The third-order valence-corrected chi connectivity index (χ3v) is 3.37. The van der Waals surface area contributed by atoms with Gasteiger partial charge in [-0.15, -0.1) is 0 Å². The van der Waals surface area contributed by atoms with Crippen LogP contribution in [-0.2, 0) is 4.79 Å². The van der Waals surface area contributed by atoms with Crippen LogP contribution in [0.3, 0.4) is 0 Å². The van der Waals surface area contributed by atoms with Crippen LogP contribution in [0.25, 0.3) is 0 Å². The van der Waals surface area contributed by atoms with Crippen LogP contribution < -0.4 is 11.1 Å². The van der Waals surface area contributed by atoms with Crippen molar-refractivity contribution < 1.29 is 4.79 Å². The van der Waals surface area contributed by atoms with Crippen molar-refractivity contribution in [3.8, 4) is 0 Å². The fraction of sp³-hybridized carbons (Fsp3) is 0.533. The minimum absolute atomic E-state index is 0.0582. The average Bonchev–Trinajstić information content (AvgIpc) is 2.35. The van der Waals surface area contributed by atoms with E-state index in [9.17, 15) is 4.79 Å². The maximum Gasteiger partial charge on any atom is 0.225 e. The Morgan fingerprint density at radius 3 is 2.21 bits per heavy atom. The van der Waals surface area contributed by atoms with E-state index in [1.807, 2.05) is 26.0 Å². The smallest absolute Gasteiger partial charge is 0.225 e. The number of hydrogen-bond acceptors (Lipinski definition) is 3. The van der Waals surface area contributed by atoms with E-state index in [0.29, 0.717) is 6.42 Å². The number of nitrogen functional groups attached to an aromatic ring is 1. The van der Waals surface area contributed by atoms with Gasteiger partial charge in [-0.2, -0.15) is 0 Å². The SMILES string of the molecule is CCN(CC)CCC(=O)Nc1c(C)cc(N)cc1C. The molecular weight excluding hydrogens is 238 g/mol. The Morgan fingerprint density at radius 2 is 1.74 bits per heavy atom. The standard InChI is InChI=1S/C15H25N3O/c1-5-18(6-2)8-7-14(19)17-15-11(3)9-13(16)10-12(15)4/h9-10H,5-8,16H2,1-4H3,(H,17,19). The Labute approximate surface area is 116 Å². The van der Waals surface area contributed by atoms with Gasteiger partial charge in [0, 0.05) is 24.3 Å². The molecule has 0 saturated heterocycles. The fourth-order valence-electron chi connectivity index (χ4n) is 2.20. The number of anilines is 2. The summed E-state index contributed by atoms with van der Waals surface area (Å²) in [5.41, 5.74) is 9.41. The number of aryl methyl sites for hydroxylation is 2. The molecule has 19 heavy (non-hydrogen) atoms. The minimum atomic E-state index is 0.0582. The van der Waals surface area contributed by atoms with Gasteiger partial charge < -0.3 is 16.0 Å². The lowest BCUT2D eigenvalue weighted by Crippen LogP contribution is -2.27. The van der Waals surface area contributed by atoms with Gasteiger partial charge in [-0.1, -0.05) is 13.8 Å². The maximum absolute atomic E-state index is 12.0. The lowest BCUT2D eigenvalue weighted by molar-refractivity contribution is -0.116. The van der Waals surface area contributed by atoms with Crippen LogP contribution >= 0.6 is 0 Å². The summed E-state index contributed by atoms with van der Waals surface area (Å²) in [6.45, 7) is 10.9. The van der Waals surface area contributed by atoms with Gasteiger partial charge in [-0.25, -0.2) is 0 Å². The van der Waals surface area contributed by atoms with Crippen molar-refractivity contribution in [1.82, 2.24) is 4.90 Å². The third kappa shape index (κ3) is 4.56. The highest BCUT2D eigenvalue weighted by Gasteiger charge is 2.09. The minimum Gasteiger partial charge on any atom is -0.399 e. The van der Waals surface area contributed by atoms with Gasteiger partial charge in [0.1, 0.15) is 0 Å². The molecule has 0 bridgehead atoms. The molecule has 1 aromatic rings. The van der Waals surface area contributed by atoms with Crippen molar-refractivity contribution in [3.63, 3.8) is 0 Å². The first-order chi connectivity index (χ1) is 8.97. The molecule has 1 aromatic carbocycles. The number of nitrogens with one attached hydrogen (secondary N) is 1. The summed E-state index contributed by atoms with van der Waals surface area (Å²) in [6.07, 6.45) is 0.519. The molecule has 4 nitrogen and oxygen atoms in total. The molecule has 0 saturated carbocycles. The Morgan fingerprint density at radius 1 is 1.21 bits per heavy atom. The molecule has 0 fully saturated rings. The zero-order chi connectivity index (χ0) is 14.4. The van der Waals surface area contributed by atoms with Crippen LogP contribution in [0.2, 0.25) is 0 Å². The number of carbonyl (C=O) groups excluding carboxylic acids is 1. The number of amides is 1. The number of hydrogen-bond donors (Lipinski definition) is 2. The third-order valence-electron chi connectivity index (χ3n) is 3.37. The molecule has 0 radical (unpaired) electrons. The van der Waals surface area contributed by atoms with E-state index in [1.165, 1.54) is 0 Å². The first-order valence-electron chi connectivity index (χ1n) is 6.86. The summed E-state index contributed by atoms with van der Waals surface area (Å²) in [4.78, 5) is 14.2. The van der Waals surface area contributed by atoms with E-state index in [4.69, 9.17) is 5.73 Å². The molecule has 0 aliphatic heterocycles. The fourth-order valence-corrected chi connectivity index (χ4v) is 2.20. The molecule has 0 spiro atoms. The van der Waals surface area contributed by atoms with E-state index in [1.54, 1.807) is 0 Å². The molecular formula is C15H25N3O. The molecule has 0 aromatic heterocycles.